The molecule has 21 heavy (non-hydrogen) atoms. The number of hydrogen-bond donors (Lipinski definition) is 1. The van der Waals surface area contributed by atoms with Crippen LogP contribution in [0.5, 0.6) is 5.75 Å². The Bertz CT molecular complexity index is 702. The third-order valence-electron chi connectivity index (χ3n) is 3.19. The molecule has 4 nitrogen and oxygen atoms in total. The summed E-state index contributed by atoms with van der Waals surface area (Å²) in [6, 6.07) is 14.5. The molecule has 0 aliphatic heterocycles. The van der Waals surface area contributed by atoms with Gasteiger partial charge in [0.05, 0.1) is 11.6 Å². The van der Waals surface area contributed by atoms with E-state index in [0.29, 0.717) is 17.0 Å². The standard InChI is InChI=1S/C17H16N2O2/c1-12-5-3-8-16(13(12)2)21-11-17(20)19-15-7-4-6-14(9-15)10-18/h3-9H,11H2,1-2H3,(H,19,20). The van der Waals surface area contributed by atoms with Crippen molar-refractivity contribution in [2.75, 3.05) is 11.9 Å². The molecule has 0 heterocycles. The molecule has 0 aliphatic rings. The molecule has 2 rings (SSSR count). The van der Waals surface area contributed by atoms with Crippen molar-refractivity contribution in [2.24, 2.45) is 0 Å². The first kappa shape index (κ1) is 14.6. The van der Waals surface area contributed by atoms with Crippen molar-refractivity contribution in [3.63, 3.8) is 0 Å². The summed E-state index contributed by atoms with van der Waals surface area (Å²) in [5, 5.41) is 11.5. The van der Waals surface area contributed by atoms with Gasteiger partial charge in [0.25, 0.3) is 5.91 Å². The average Bonchev–Trinajstić information content (AvgIpc) is 2.49. The molecule has 0 radical (unpaired) electrons. The first-order valence-electron chi connectivity index (χ1n) is 6.59. The van der Waals surface area contributed by atoms with Gasteiger partial charge in [-0.1, -0.05) is 18.2 Å². The summed E-state index contributed by atoms with van der Waals surface area (Å²) >= 11 is 0. The van der Waals surface area contributed by atoms with E-state index in [4.69, 9.17) is 10.00 Å². The van der Waals surface area contributed by atoms with Crippen molar-refractivity contribution >= 4 is 11.6 Å². The van der Waals surface area contributed by atoms with Crippen LogP contribution in [0.25, 0.3) is 0 Å². The van der Waals surface area contributed by atoms with Gasteiger partial charge in [0.15, 0.2) is 6.61 Å². The normalized spacial score (nSPS) is 9.76. The summed E-state index contributed by atoms with van der Waals surface area (Å²) in [6.45, 7) is 3.88. The minimum atomic E-state index is -0.258. The molecule has 0 saturated heterocycles. The summed E-state index contributed by atoms with van der Waals surface area (Å²) in [5.74, 6) is 0.446. The number of benzene rings is 2. The van der Waals surface area contributed by atoms with Gasteiger partial charge in [-0.25, -0.2) is 0 Å². The Morgan fingerprint density at radius 3 is 2.76 bits per heavy atom. The molecule has 2 aromatic rings. The number of carbonyl (C=O) groups excluding carboxylic acids is 1. The molecule has 0 atom stereocenters. The molecule has 0 spiro atoms. The van der Waals surface area contributed by atoms with Crippen LogP contribution in [0, 0.1) is 25.2 Å². The molecule has 106 valence electrons. The zero-order valence-electron chi connectivity index (χ0n) is 12.0. The summed E-state index contributed by atoms with van der Waals surface area (Å²) in [4.78, 5) is 11.9. The van der Waals surface area contributed by atoms with Gasteiger partial charge in [0.2, 0.25) is 0 Å². The van der Waals surface area contributed by atoms with Crippen LogP contribution in [0.2, 0.25) is 0 Å². The number of hydrogen-bond acceptors (Lipinski definition) is 3. The van der Waals surface area contributed by atoms with E-state index < -0.39 is 0 Å². The Kier molecular flexibility index (Phi) is 4.57. The van der Waals surface area contributed by atoms with Crippen molar-refractivity contribution in [3.05, 3.63) is 59.2 Å². The molecule has 0 fully saturated rings. The number of amides is 1. The molecule has 0 aromatic heterocycles. The highest BCUT2D eigenvalue weighted by Crippen LogP contribution is 2.20. The van der Waals surface area contributed by atoms with Crippen molar-refractivity contribution < 1.29 is 9.53 Å². The highest BCUT2D eigenvalue weighted by atomic mass is 16.5. The topological polar surface area (TPSA) is 62.1 Å². The predicted molar refractivity (Wildman–Crippen MR) is 81.2 cm³/mol. The number of nitrogens with zero attached hydrogens (tertiary/aromatic N) is 1. The van der Waals surface area contributed by atoms with Crippen LogP contribution in [-0.4, -0.2) is 12.5 Å². The predicted octanol–water partition coefficient (Wildman–Crippen LogP) is 3.19. The molecule has 0 saturated carbocycles. The van der Waals surface area contributed by atoms with Gasteiger partial charge < -0.3 is 10.1 Å². The van der Waals surface area contributed by atoms with Gasteiger partial charge in [0, 0.05) is 5.69 Å². The third kappa shape index (κ3) is 3.83. The molecule has 0 aliphatic carbocycles. The lowest BCUT2D eigenvalue weighted by atomic mass is 10.1. The largest absolute Gasteiger partial charge is 0.483 e. The van der Waals surface area contributed by atoms with Gasteiger partial charge in [-0.15, -0.1) is 0 Å². The van der Waals surface area contributed by atoms with Gasteiger partial charge >= 0.3 is 0 Å². The van der Waals surface area contributed by atoms with E-state index >= 15 is 0 Å². The van der Waals surface area contributed by atoms with Crippen LogP contribution in [0.1, 0.15) is 16.7 Å². The molecule has 4 heteroatoms. The van der Waals surface area contributed by atoms with Crippen molar-refractivity contribution in [1.29, 1.82) is 5.26 Å². The zero-order chi connectivity index (χ0) is 15.2. The number of anilines is 1. The maximum atomic E-state index is 11.9. The Morgan fingerprint density at radius 1 is 1.24 bits per heavy atom. The van der Waals surface area contributed by atoms with E-state index in [0.717, 1.165) is 11.1 Å². The first-order valence-corrected chi connectivity index (χ1v) is 6.59. The van der Waals surface area contributed by atoms with Crippen LogP contribution < -0.4 is 10.1 Å². The number of rotatable bonds is 4. The monoisotopic (exact) mass is 280 g/mol. The van der Waals surface area contributed by atoms with Crippen molar-refractivity contribution in [2.45, 2.75) is 13.8 Å². The van der Waals surface area contributed by atoms with E-state index in [9.17, 15) is 4.79 Å². The Morgan fingerprint density at radius 2 is 2.00 bits per heavy atom. The van der Waals surface area contributed by atoms with Crippen molar-refractivity contribution in [3.8, 4) is 11.8 Å². The maximum Gasteiger partial charge on any atom is 0.262 e. The summed E-state index contributed by atoms with van der Waals surface area (Å²) in [6.07, 6.45) is 0. The second-order valence-corrected chi connectivity index (χ2v) is 4.73. The smallest absolute Gasteiger partial charge is 0.262 e. The fourth-order valence-corrected chi connectivity index (χ4v) is 1.89. The van der Waals surface area contributed by atoms with E-state index in [1.54, 1.807) is 24.3 Å². The minimum absolute atomic E-state index is 0.0684. The molecule has 0 unspecified atom stereocenters. The third-order valence-corrected chi connectivity index (χ3v) is 3.19. The van der Waals surface area contributed by atoms with Crippen LogP contribution >= 0.6 is 0 Å². The van der Waals surface area contributed by atoms with Crippen LogP contribution in [-0.2, 0) is 4.79 Å². The number of nitrogens with one attached hydrogen (secondary N) is 1. The number of nitriles is 1. The summed E-state index contributed by atoms with van der Waals surface area (Å²) in [7, 11) is 0. The van der Waals surface area contributed by atoms with E-state index in [-0.39, 0.29) is 12.5 Å². The van der Waals surface area contributed by atoms with Gasteiger partial charge in [-0.05, 0) is 49.2 Å². The van der Waals surface area contributed by atoms with Crippen LogP contribution in [0.3, 0.4) is 0 Å². The van der Waals surface area contributed by atoms with E-state index in [2.05, 4.69) is 5.32 Å². The molecular weight excluding hydrogens is 264 g/mol. The van der Waals surface area contributed by atoms with Gasteiger partial charge in [-0.3, -0.25) is 4.79 Å². The highest BCUT2D eigenvalue weighted by molar-refractivity contribution is 5.92. The number of carbonyl (C=O) groups is 1. The van der Waals surface area contributed by atoms with E-state index in [1.807, 2.05) is 38.1 Å². The summed E-state index contributed by atoms with van der Waals surface area (Å²) in [5.41, 5.74) is 3.23. The maximum absolute atomic E-state index is 11.9. The Labute approximate surface area is 124 Å². The zero-order valence-corrected chi connectivity index (χ0v) is 12.0. The second-order valence-electron chi connectivity index (χ2n) is 4.73. The molecule has 1 amide bonds. The lowest BCUT2D eigenvalue weighted by Gasteiger charge is -2.11. The van der Waals surface area contributed by atoms with Crippen molar-refractivity contribution in [1.82, 2.24) is 0 Å². The first-order chi connectivity index (χ1) is 10.1. The summed E-state index contributed by atoms with van der Waals surface area (Å²) < 4.78 is 5.53. The fourth-order valence-electron chi connectivity index (χ4n) is 1.89. The van der Waals surface area contributed by atoms with Crippen LogP contribution in [0.15, 0.2) is 42.5 Å². The number of ether oxygens (including phenoxy) is 1. The van der Waals surface area contributed by atoms with Gasteiger partial charge in [-0.2, -0.15) is 5.26 Å². The lowest BCUT2D eigenvalue weighted by molar-refractivity contribution is -0.118. The van der Waals surface area contributed by atoms with Crippen LogP contribution in [0.4, 0.5) is 5.69 Å². The fraction of sp³-hybridized carbons (Fsp3) is 0.176. The average molecular weight is 280 g/mol. The Balaban J connectivity index is 1.96. The second kappa shape index (κ2) is 6.58. The minimum Gasteiger partial charge on any atom is -0.483 e. The molecular formula is C17H16N2O2. The number of aryl methyl sites for hydroxylation is 1. The SMILES string of the molecule is Cc1cccc(OCC(=O)Nc2cccc(C#N)c2)c1C. The van der Waals surface area contributed by atoms with Gasteiger partial charge in [0.1, 0.15) is 5.75 Å². The van der Waals surface area contributed by atoms with E-state index in [1.165, 1.54) is 0 Å². The molecule has 1 N–H and O–H groups in total. The quantitative estimate of drug-likeness (QED) is 0.935. The highest BCUT2D eigenvalue weighted by Gasteiger charge is 2.06. The molecule has 0 bridgehead atoms. The molecule has 2 aromatic carbocycles. The Hall–Kier alpha value is -2.80. The lowest BCUT2D eigenvalue weighted by Crippen LogP contribution is -2.20.